The zero-order chi connectivity index (χ0) is 14.5. The van der Waals surface area contributed by atoms with E-state index in [1.54, 1.807) is 0 Å². The van der Waals surface area contributed by atoms with E-state index in [0.717, 1.165) is 29.5 Å². The van der Waals surface area contributed by atoms with E-state index in [1.807, 2.05) is 38.2 Å². The number of likely N-dealkylation sites (N-methyl/N-ethyl adjacent to an activating group) is 1. The Morgan fingerprint density at radius 1 is 1.15 bits per heavy atom. The molecule has 4 heteroatoms. The van der Waals surface area contributed by atoms with Crippen LogP contribution in [0.15, 0.2) is 36.4 Å². The molecular formula is C16H21N3O. The summed E-state index contributed by atoms with van der Waals surface area (Å²) >= 11 is 0. The predicted octanol–water partition coefficient (Wildman–Crippen LogP) is 2.80. The Labute approximate surface area is 120 Å². The Balaban J connectivity index is 1.88. The fourth-order valence-electron chi connectivity index (χ4n) is 1.99. The van der Waals surface area contributed by atoms with E-state index in [2.05, 4.69) is 28.9 Å². The average molecular weight is 271 g/mol. The second-order valence-corrected chi connectivity index (χ2v) is 4.98. The van der Waals surface area contributed by atoms with Gasteiger partial charge in [-0.2, -0.15) is 0 Å². The molecule has 0 aliphatic rings. The highest BCUT2D eigenvalue weighted by molar-refractivity contribution is 5.42. The lowest BCUT2D eigenvalue weighted by Gasteiger charge is -2.19. The molecule has 0 atom stereocenters. The van der Waals surface area contributed by atoms with Crippen molar-refractivity contribution in [1.29, 1.82) is 0 Å². The molecule has 0 aliphatic heterocycles. The van der Waals surface area contributed by atoms with Crippen LogP contribution in [0.2, 0.25) is 0 Å². The summed E-state index contributed by atoms with van der Waals surface area (Å²) in [5.74, 6) is 1.81. The van der Waals surface area contributed by atoms with E-state index in [4.69, 9.17) is 10.5 Å². The van der Waals surface area contributed by atoms with E-state index in [9.17, 15) is 0 Å². The third kappa shape index (κ3) is 3.88. The average Bonchev–Trinajstić information content (AvgIpc) is 2.40. The van der Waals surface area contributed by atoms with Crippen molar-refractivity contribution in [3.05, 3.63) is 47.7 Å². The first-order valence-corrected chi connectivity index (χ1v) is 6.69. The third-order valence-corrected chi connectivity index (χ3v) is 3.05. The van der Waals surface area contributed by atoms with Gasteiger partial charge in [0.25, 0.3) is 0 Å². The maximum absolute atomic E-state index is 5.69. The Hall–Kier alpha value is -2.23. The van der Waals surface area contributed by atoms with Crippen molar-refractivity contribution in [3.63, 3.8) is 0 Å². The SMILES string of the molecule is Cc1cc(C)nc(N(C)CCOc2ccc(N)cc2)c1. The van der Waals surface area contributed by atoms with Crippen LogP contribution >= 0.6 is 0 Å². The molecule has 0 unspecified atom stereocenters. The number of nitrogens with zero attached hydrogens (tertiary/aromatic N) is 2. The third-order valence-electron chi connectivity index (χ3n) is 3.05. The van der Waals surface area contributed by atoms with Crippen LogP contribution in [-0.4, -0.2) is 25.2 Å². The number of hydrogen-bond acceptors (Lipinski definition) is 4. The number of anilines is 2. The van der Waals surface area contributed by atoms with Crippen molar-refractivity contribution in [2.24, 2.45) is 0 Å². The van der Waals surface area contributed by atoms with Crippen molar-refractivity contribution < 1.29 is 4.74 Å². The van der Waals surface area contributed by atoms with Crippen LogP contribution in [0.25, 0.3) is 0 Å². The van der Waals surface area contributed by atoms with E-state index in [-0.39, 0.29) is 0 Å². The van der Waals surface area contributed by atoms with E-state index in [1.165, 1.54) is 5.56 Å². The number of pyridine rings is 1. The molecule has 4 nitrogen and oxygen atoms in total. The number of rotatable bonds is 5. The first-order valence-electron chi connectivity index (χ1n) is 6.69. The monoisotopic (exact) mass is 271 g/mol. The molecule has 0 aliphatic carbocycles. The smallest absolute Gasteiger partial charge is 0.128 e. The van der Waals surface area contributed by atoms with E-state index < -0.39 is 0 Å². The highest BCUT2D eigenvalue weighted by Crippen LogP contribution is 2.15. The Morgan fingerprint density at radius 3 is 2.50 bits per heavy atom. The maximum Gasteiger partial charge on any atom is 0.128 e. The van der Waals surface area contributed by atoms with Crippen molar-refractivity contribution in [3.8, 4) is 5.75 Å². The van der Waals surface area contributed by atoms with Gasteiger partial charge in [0, 0.05) is 18.4 Å². The van der Waals surface area contributed by atoms with Crippen LogP contribution in [0.5, 0.6) is 5.75 Å². The molecule has 0 fully saturated rings. The largest absolute Gasteiger partial charge is 0.492 e. The van der Waals surface area contributed by atoms with Gasteiger partial charge in [-0.3, -0.25) is 0 Å². The summed E-state index contributed by atoms with van der Waals surface area (Å²) in [4.78, 5) is 6.62. The van der Waals surface area contributed by atoms with Crippen LogP contribution in [0.4, 0.5) is 11.5 Å². The molecule has 0 saturated carbocycles. The van der Waals surface area contributed by atoms with Crippen LogP contribution in [0, 0.1) is 13.8 Å². The Bertz CT molecular complexity index is 546. The van der Waals surface area contributed by atoms with Gasteiger partial charge in [0.2, 0.25) is 0 Å². The molecule has 0 bridgehead atoms. The number of nitrogens with two attached hydrogens (primary N) is 1. The number of aromatic nitrogens is 1. The van der Waals surface area contributed by atoms with Gasteiger partial charge in [-0.25, -0.2) is 4.98 Å². The van der Waals surface area contributed by atoms with Gasteiger partial charge in [0.15, 0.2) is 0 Å². The Kier molecular flexibility index (Phi) is 4.45. The topological polar surface area (TPSA) is 51.4 Å². The summed E-state index contributed by atoms with van der Waals surface area (Å²) in [6.45, 7) is 5.47. The molecular weight excluding hydrogens is 250 g/mol. The molecule has 1 aromatic carbocycles. The molecule has 0 amide bonds. The van der Waals surface area contributed by atoms with Crippen molar-refractivity contribution in [1.82, 2.24) is 4.98 Å². The maximum atomic E-state index is 5.69. The minimum absolute atomic E-state index is 0.606. The zero-order valence-corrected chi connectivity index (χ0v) is 12.3. The summed E-state index contributed by atoms with van der Waals surface area (Å²) in [7, 11) is 2.02. The van der Waals surface area contributed by atoms with Crippen molar-refractivity contribution >= 4 is 11.5 Å². The lowest BCUT2D eigenvalue weighted by Crippen LogP contribution is -2.24. The van der Waals surface area contributed by atoms with Crippen LogP contribution in [-0.2, 0) is 0 Å². The van der Waals surface area contributed by atoms with Gasteiger partial charge in [-0.05, 0) is 55.8 Å². The fraction of sp³-hybridized carbons (Fsp3) is 0.312. The van der Waals surface area contributed by atoms with Crippen LogP contribution in [0.1, 0.15) is 11.3 Å². The summed E-state index contributed by atoms with van der Waals surface area (Å²) < 4.78 is 5.69. The number of benzene rings is 1. The minimum Gasteiger partial charge on any atom is -0.492 e. The Morgan fingerprint density at radius 2 is 1.85 bits per heavy atom. The summed E-state index contributed by atoms with van der Waals surface area (Å²) in [6.07, 6.45) is 0. The summed E-state index contributed by atoms with van der Waals surface area (Å²) in [5, 5.41) is 0. The standard InChI is InChI=1S/C16H21N3O/c1-12-10-13(2)18-16(11-12)19(3)8-9-20-15-6-4-14(17)5-7-15/h4-7,10-11H,8-9,17H2,1-3H3. The second kappa shape index (κ2) is 6.28. The molecule has 2 N–H and O–H groups in total. The molecule has 106 valence electrons. The molecule has 1 aromatic heterocycles. The van der Waals surface area contributed by atoms with Gasteiger partial charge in [0.05, 0.1) is 6.54 Å². The van der Waals surface area contributed by atoms with E-state index in [0.29, 0.717) is 6.61 Å². The molecule has 20 heavy (non-hydrogen) atoms. The summed E-state index contributed by atoms with van der Waals surface area (Å²) in [6, 6.07) is 11.6. The molecule has 0 saturated heterocycles. The number of hydrogen-bond donors (Lipinski definition) is 1. The van der Waals surface area contributed by atoms with Crippen molar-refractivity contribution in [2.75, 3.05) is 30.8 Å². The minimum atomic E-state index is 0.606. The van der Waals surface area contributed by atoms with Gasteiger partial charge >= 0.3 is 0 Å². The first-order chi connectivity index (χ1) is 9.54. The van der Waals surface area contributed by atoms with Gasteiger partial charge in [-0.1, -0.05) is 0 Å². The molecule has 0 radical (unpaired) electrons. The lowest BCUT2D eigenvalue weighted by molar-refractivity contribution is 0.325. The zero-order valence-electron chi connectivity index (χ0n) is 12.3. The number of aryl methyl sites for hydroxylation is 2. The molecule has 2 rings (SSSR count). The fourth-order valence-corrected chi connectivity index (χ4v) is 1.99. The van der Waals surface area contributed by atoms with Gasteiger partial charge in [0.1, 0.15) is 18.2 Å². The summed E-state index contributed by atoms with van der Waals surface area (Å²) in [5.41, 5.74) is 8.63. The highest BCUT2D eigenvalue weighted by Gasteiger charge is 2.04. The van der Waals surface area contributed by atoms with Gasteiger partial charge in [-0.15, -0.1) is 0 Å². The van der Waals surface area contributed by atoms with Gasteiger partial charge < -0.3 is 15.4 Å². The van der Waals surface area contributed by atoms with Crippen LogP contribution < -0.4 is 15.4 Å². The highest BCUT2D eigenvalue weighted by atomic mass is 16.5. The van der Waals surface area contributed by atoms with Crippen molar-refractivity contribution in [2.45, 2.75) is 13.8 Å². The predicted molar refractivity (Wildman–Crippen MR) is 83.3 cm³/mol. The normalized spacial score (nSPS) is 10.3. The first kappa shape index (κ1) is 14.2. The number of nitrogen functional groups attached to an aromatic ring is 1. The lowest BCUT2D eigenvalue weighted by atomic mass is 10.2. The van der Waals surface area contributed by atoms with E-state index >= 15 is 0 Å². The quantitative estimate of drug-likeness (QED) is 0.850. The molecule has 0 spiro atoms. The molecule has 1 heterocycles. The number of ether oxygens (including phenoxy) is 1. The second-order valence-electron chi connectivity index (χ2n) is 4.98. The molecule has 2 aromatic rings. The van der Waals surface area contributed by atoms with Crippen LogP contribution in [0.3, 0.4) is 0 Å².